The molecule has 7 nitrogen and oxygen atoms in total. The topological polar surface area (TPSA) is 61.8 Å². The van der Waals surface area contributed by atoms with Crippen LogP contribution < -0.4 is 9.64 Å². The van der Waals surface area contributed by atoms with Crippen molar-refractivity contribution in [3.63, 3.8) is 0 Å². The molecule has 0 aliphatic carbocycles. The van der Waals surface area contributed by atoms with Crippen LogP contribution in [0.3, 0.4) is 0 Å². The van der Waals surface area contributed by atoms with Crippen molar-refractivity contribution in [3.05, 3.63) is 60.2 Å². The molecule has 3 aliphatic rings. The van der Waals surface area contributed by atoms with E-state index in [0.29, 0.717) is 17.1 Å². The van der Waals surface area contributed by atoms with Crippen molar-refractivity contribution < 1.29 is 9.53 Å². The van der Waals surface area contributed by atoms with Gasteiger partial charge in [-0.15, -0.1) is 0 Å². The number of nitrogens with zero attached hydrogens (tertiary/aromatic N) is 5. The highest BCUT2D eigenvalue weighted by Crippen LogP contribution is 2.40. The number of likely N-dealkylation sites (tertiary alicyclic amines) is 2. The highest BCUT2D eigenvalue weighted by molar-refractivity contribution is 5.96. The van der Waals surface area contributed by atoms with E-state index < -0.39 is 0 Å². The molecule has 1 spiro atoms. The Morgan fingerprint density at radius 1 is 0.879 bits per heavy atom. The number of aromatic nitrogens is 2. The number of amides is 1. The standard InChI is InChI=1S/C26H27N5O2/c1-29-14-26(15-29)16-31(17-26)12-18-8-10-20(11-9-18)23-22(19-6-4-3-5-7-19)27-24-25(28-23)33-13-21(32)30(24)2/h3-11H,12-17H2,1-2H3. The second-order valence-corrected chi connectivity index (χ2v) is 9.67. The Kier molecular flexibility index (Phi) is 4.71. The van der Waals surface area contributed by atoms with Gasteiger partial charge >= 0.3 is 0 Å². The predicted molar refractivity (Wildman–Crippen MR) is 127 cm³/mol. The summed E-state index contributed by atoms with van der Waals surface area (Å²) in [4.78, 5) is 28.2. The lowest BCUT2D eigenvalue weighted by Crippen LogP contribution is -2.70. The van der Waals surface area contributed by atoms with Crippen molar-refractivity contribution in [3.8, 4) is 28.4 Å². The van der Waals surface area contributed by atoms with Gasteiger partial charge in [-0.2, -0.15) is 0 Å². The van der Waals surface area contributed by atoms with Gasteiger partial charge < -0.3 is 9.64 Å². The Labute approximate surface area is 193 Å². The fourth-order valence-corrected chi connectivity index (χ4v) is 5.41. The molecule has 6 rings (SSSR count). The smallest absolute Gasteiger partial charge is 0.266 e. The summed E-state index contributed by atoms with van der Waals surface area (Å²) in [5, 5.41) is 0. The number of benzene rings is 2. The molecule has 0 atom stereocenters. The largest absolute Gasteiger partial charge is 0.465 e. The third-order valence-electron chi connectivity index (χ3n) is 6.88. The molecule has 7 heteroatoms. The highest BCUT2D eigenvalue weighted by Gasteiger charge is 2.49. The molecule has 0 unspecified atom stereocenters. The van der Waals surface area contributed by atoms with Crippen LogP contribution in [0.25, 0.3) is 22.5 Å². The molecular weight excluding hydrogens is 414 g/mol. The summed E-state index contributed by atoms with van der Waals surface area (Å²) < 4.78 is 5.63. The number of fused-ring (bicyclic) bond motifs is 1. The van der Waals surface area contributed by atoms with Crippen molar-refractivity contribution in [2.24, 2.45) is 5.41 Å². The summed E-state index contributed by atoms with van der Waals surface area (Å²) in [6.45, 7) is 5.79. The van der Waals surface area contributed by atoms with Crippen LogP contribution in [-0.4, -0.2) is 72.6 Å². The second-order valence-electron chi connectivity index (χ2n) is 9.67. The van der Waals surface area contributed by atoms with Gasteiger partial charge in [-0.25, -0.2) is 9.97 Å². The molecule has 1 amide bonds. The van der Waals surface area contributed by atoms with Crippen LogP contribution in [0.15, 0.2) is 54.6 Å². The quantitative estimate of drug-likeness (QED) is 0.621. The fourth-order valence-electron chi connectivity index (χ4n) is 5.41. The monoisotopic (exact) mass is 441 g/mol. The number of likely N-dealkylation sites (N-methyl/N-ethyl adjacent to an activating group) is 1. The minimum Gasteiger partial charge on any atom is -0.465 e. The molecule has 0 N–H and O–H groups in total. The highest BCUT2D eigenvalue weighted by atomic mass is 16.5. The second kappa shape index (κ2) is 7.64. The van der Waals surface area contributed by atoms with Gasteiger partial charge in [0.05, 0.1) is 5.69 Å². The molecule has 2 aromatic carbocycles. The number of anilines is 1. The van der Waals surface area contributed by atoms with E-state index in [-0.39, 0.29) is 12.5 Å². The first-order valence-corrected chi connectivity index (χ1v) is 11.4. The number of carbonyl (C=O) groups is 1. The first-order valence-electron chi connectivity index (χ1n) is 11.4. The average Bonchev–Trinajstić information content (AvgIpc) is 2.80. The zero-order valence-electron chi connectivity index (χ0n) is 19.0. The van der Waals surface area contributed by atoms with E-state index in [4.69, 9.17) is 14.7 Å². The molecule has 2 fully saturated rings. The molecule has 2 saturated heterocycles. The summed E-state index contributed by atoms with van der Waals surface area (Å²) in [5.74, 6) is 0.722. The number of hydrogen-bond donors (Lipinski definition) is 0. The van der Waals surface area contributed by atoms with Crippen molar-refractivity contribution in [2.45, 2.75) is 6.54 Å². The SMILES string of the molecule is CN1CC2(C1)CN(Cc1ccc(-c3nc4c(nc3-c3ccccc3)N(C)C(=O)CO4)cc1)C2. The van der Waals surface area contributed by atoms with Crippen LogP contribution in [0, 0.1) is 5.41 Å². The molecule has 3 aliphatic heterocycles. The third kappa shape index (κ3) is 3.57. The summed E-state index contributed by atoms with van der Waals surface area (Å²) >= 11 is 0. The molecule has 0 radical (unpaired) electrons. The summed E-state index contributed by atoms with van der Waals surface area (Å²) in [6.07, 6.45) is 0. The maximum Gasteiger partial charge on any atom is 0.266 e. The maximum atomic E-state index is 12.1. The fraction of sp³-hybridized carbons (Fsp3) is 0.346. The van der Waals surface area contributed by atoms with Gasteiger partial charge in [-0.3, -0.25) is 14.6 Å². The zero-order chi connectivity index (χ0) is 22.6. The maximum absolute atomic E-state index is 12.1. The molecule has 33 heavy (non-hydrogen) atoms. The molecule has 1 aromatic heterocycles. The lowest BCUT2D eigenvalue weighted by atomic mass is 9.73. The minimum absolute atomic E-state index is 0.0195. The Bertz CT molecular complexity index is 1200. The Morgan fingerprint density at radius 2 is 1.55 bits per heavy atom. The Hall–Kier alpha value is -3.29. The molecule has 4 heterocycles. The third-order valence-corrected chi connectivity index (χ3v) is 6.88. The normalized spacial score (nSPS) is 19.6. The van der Waals surface area contributed by atoms with Crippen LogP contribution in [0.1, 0.15) is 5.56 Å². The van der Waals surface area contributed by atoms with Crippen LogP contribution in [0.5, 0.6) is 5.88 Å². The lowest BCUT2D eigenvalue weighted by molar-refractivity contribution is -0.121. The predicted octanol–water partition coefficient (Wildman–Crippen LogP) is 2.91. The molecule has 0 saturated carbocycles. The van der Waals surface area contributed by atoms with Crippen LogP contribution >= 0.6 is 0 Å². The summed E-state index contributed by atoms with van der Waals surface area (Å²) in [5.41, 5.74) is 5.29. The van der Waals surface area contributed by atoms with E-state index in [1.54, 1.807) is 7.05 Å². The first kappa shape index (κ1) is 20.3. The molecular formula is C26H27N5O2. The van der Waals surface area contributed by atoms with Crippen LogP contribution in [-0.2, 0) is 11.3 Å². The van der Waals surface area contributed by atoms with Gasteiger partial charge in [-0.1, -0.05) is 54.6 Å². The van der Waals surface area contributed by atoms with E-state index in [2.05, 4.69) is 41.1 Å². The minimum atomic E-state index is -0.130. The first-order chi connectivity index (χ1) is 16.0. The lowest BCUT2D eigenvalue weighted by Gasteiger charge is -2.59. The van der Waals surface area contributed by atoms with Gasteiger partial charge in [0.15, 0.2) is 12.4 Å². The van der Waals surface area contributed by atoms with Crippen LogP contribution in [0.2, 0.25) is 0 Å². The Morgan fingerprint density at radius 3 is 2.24 bits per heavy atom. The number of hydrogen-bond acceptors (Lipinski definition) is 6. The van der Waals surface area contributed by atoms with Crippen molar-refractivity contribution in [1.82, 2.24) is 19.8 Å². The molecule has 0 bridgehead atoms. The average molecular weight is 442 g/mol. The van der Waals surface area contributed by atoms with E-state index in [1.807, 2.05) is 30.3 Å². The van der Waals surface area contributed by atoms with Gasteiger partial charge in [0.2, 0.25) is 0 Å². The van der Waals surface area contributed by atoms with Crippen molar-refractivity contribution >= 4 is 11.7 Å². The van der Waals surface area contributed by atoms with Crippen LogP contribution in [0.4, 0.5) is 5.82 Å². The number of carbonyl (C=O) groups excluding carboxylic acids is 1. The van der Waals surface area contributed by atoms with Gasteiger partial charge in [0, 0.05) is 56.3 Å². The number of rotatable bonds is 4. The number of ether oxygens (including phenoxy) is 1. The van der Waals surface area contributed by atoms with E-state index in [9.17, 15) is 4.79 Å². The van der Waals surface area contributed by atoms with Crippen molar-refractivity contribution in [1.29, 1.82) is 0 Å². The molecule has 168 valence electrons. The molecule has 3 aromatic rings. The zero-order valence-corrected chi connectivity index (χ0v) is 19.0. The van der Waals surface area contributed by atoms with Gasteiger partial charge in [0.25, 0.3) is 11.8 Å². The Balaban J connectivity index is 1.29. The van der Waals surface area contributed by atoms with Gasteiger partial charge in [-0.05, 0) is 12.6 Å². The van der Waals surface area contributed by atoms with E-state index in [0.717, 1.165) is 29.1 Å². The van der Waals surface area contributed by atoms with Gasteiger partial charge in [0.1, 0.15) is 5.69 Å². The van der Waals surface area contributed by atoms with Crippen molar-refractivity contribution in [2.75, 3.05) is 51.8 Å². The van der Waals surface area contributed by atoms with E-state index in [1.165, 1.54) is 36.6 Å². The summed E-state index contributed by atoms with van der Waals surface area (Å²) in [7, 11) is 3.91. The van der Waals surface area contributed by atoms with E-state index >= 15 is 0 Å². The summed E-state index contributed by atoms with van der Waals surface area (Å²) in [6, 6.07) is 18.5.